The minimum atomic E-state index is -0.822. The van der Waals surface area contributed by atoms with Gasteiger partial charge in [-0.15, -0.1) is 0 Å². The van der Waals surface area contributed by atoms with E-state index in [0.717, 1.165) is 22.4 Å². The molecule has 0 amide bonds. The van der Waals surface area contributed by atoms with Crippen molar-refractivity contribution in [1.29, 1.82) is 0 Å². The van der Waals surface area contributed by atoms with Gasteiger partial charge in [-0.2, -0.15) is 0 Å². The van der Waals surface area contributed by atoms with Gasteiger partial charge in [0.2, 0.25) is 0 Å². The van der Waals surface area contributed by atoms with Gasteiger partial charge in [0.25, 0.3) is 0 Å². The van der Waals surface area contributed by atoms with Crippen molar-refractivity contribution in [3.63, 3.8) is 0 Å². The average molecular weight is 284 g/mol. The molecule has 2 nitrogen and oxygen atoms in total. The van der Waals surface area contributed by atoms with Gasteiger partial charge in [0, 0.05) is 30.9 Å². The standard InChI is InChI=1S/C17H14F2N2/c18-16-6-5-12(7-17(16)19)8-20-10-14-11-21-9-13-3-1-2-4-15(13)14/h1-7,9,11,20H,8,10H2. The maximum absolute atomic E-state index is 13.1. The number of hydrogen-bond donors (Lipinski definition) is 1. The fourth-order valence-electron chi connectivity index (χ4n) is 2.31. The van der Waals surface area contributed by atoms with Gasteiger partial charge in [-0.3, -0.25) is 4.98 Å². The predicted octanol–water partition coefficient (Wildman–Crippen LogP) is 3.80. The first-order valence-electron chi connectivity index (χ1n) is 6.70. The molecular weight excluding hydrogens is 270 g/mol. The van der Waals surface area contributed by atoms with E-state index < -0.39 is 11.6 Å². The minimum absolute atomic E-state index is 0.473. The largest absolute Gasteiger partial charge is 0.309 e. The highest BCUT2D eigenvalue weighted by Crippen LogP contribution is 2.17. The van der Waals surface area contributed by atoms with Crippen molar-refractivity contribution < 1.29 is 8.78 Å². The molecule has 3 rings (SSSR count). The normalized spacial score (nSPS) is 11.0. The molecule has 0 aliphatic heterocycles. The van der Waals surface area contributed by atoms with Crippen LogP contribution in [-0.2, 0) is 13.1 Å². The van der Waals surface area contributed by atoms with E-state index >= 15 is 0 Å². The summed E-state index contributed by atoms with van der Waals surface area (Å²) in [4.78, 5) is 4.21. The van der Waals surface area contributed by atoms with Gasteiger partial charge in [0.05, 0.1) is 0 Å². The molecule has 0 aliphatic rings. The fourth-order valence-corrected chi connectivity index (χ4v) is 2.31. The first-order valence-corrected chi connectivity index (χ1v) is 6.70. The summed E-state index contributed by atoms with van der Waals surface area (Å²) in [5.41, 5.74) is 1.79. The number of nitrogens with zero attached hydrogens (tertiary/aromatic N) is 1. The molecule has 0 aliphatic carbocycles. The second-order valence-corrected chi connectivity index (χ2v) is 4.87. The van der Waals surface area contributed by atoms with E-state index in [1.807, 2.05) is 36.7 Å². The number of nitrogens with one attached hydrogen (secondary N) is 1. The molecule has 0 fully saturated rings. The summed E-state index contributed by atoms with van der Waals surface area (Å²) in [6, 6.07) is 12.0. The zero-order valence-corrected chi connectivity index (χ0v) is 11.3. The molecule has 4 heteroatoms. The van der Waals surface area contributed by atoms with Crippen LogP contribution >= 0.6 is 0 Å². The van der Waals surface area contributed by atoms with E-state index in [4.69, 9.17) is 0 Å². The van der Waals surface area contributed by atoms with Crippen molar-refractivity contribution in [2.24, 2.45) is 0 Å². The van der Waals surface area contributed by atoms with Gasteiger partial charge in [0.1, 0.15) is 0 Å². The van der Waals surface area contributed by atoms with E-state index in [1.54, 1.807) is 6.07 Å². The minimum Gasteiger partial charge on any atom is -0.309 e. The van der Waals surface area contributed by atoms with Crippen molar-refractivity contribution in [2.75, 3.05) is 0 Å². The van der Waals surface area contributed by atoms with Crippen LogP contribution in [0.3, 0.4) is 0 Å². The lowest BCUT2D eigenvalue weighted by Crippen LogP contribution is -2.13. The summed E-state index contributed by atoms with van der Waals surface area (Å²) in [5.74, 6) is -1.64. The summed E-state index contributed by atoms with van der Waals surface area (Å²) in [5, 5.41) is 5.46. The number of halogens is 2. The second kappa shape index (κ2) is 5.97. The van der Waals surface area contributed by atoms with Gasteiger partial charge in [-0.05, 0) is 28.6 Å². The summed E-state index contributed by atoms with van der Waals surface area (Å²) < 4.78 is 26.0. The highest BCUT2D eigenvalue weighted by Gasteiger charge is 2.04. The van der Waals surface area contributed by atoms with Crippen LogP contribution in [0.5, 0.6) is 0 Å². The lowest BCUT2D eigenvalue weighted by molar-refractivity contribution is 0.506. The van der Waals surface area contributed by atoms with Crippen LogP contribution in [0.4, 0.5) is 8.78 Å². The van der Waals surface area contributed by atoms with Crippen molar-refractivity contribution in [1.82, 2.24) is 10.3 Å². The predicted molar refractivity (Wildman–Crippen MR) is 78.6 cm³/mol. The second-order valence-electron chi connectivity index (χ2n) is 4.87. The Morgan fingerprint density at radius 1 is 0.905 bits per heavy atom. The third-order valence-electron chi connectivity index (χ3n) is 3.38. The molecule has 0 bridgehead atoms. The van der Waals surface area contributed by atoms with Crippen molar-refractivity contribution in [3.05, 3.63) is 77.6 Å². The first kappa shape index (κ1) is 13.6. The molecule has 106 valence electrons. The zero-order chi connectivity index (χ0) is 14.7. The Bertz CT molecular complexity index is 766. The number of rotatable bonds is 4. The lowest BCUT2D eigenvalue weighted by Gasteiger charge is -2.08. The van der Waals surface area contributed by atoms with E-state index in [1.165, 1.54) is 6.07 Å². The van der Waals surface area contributed by atoms with Crippen molar-refractivity contribution in [3.8, 4) is 0 Å². The van der Waals surface area contributed by atoms with Crippen molar-refractivity contribution >= 4 is 10.8 Å². The van der Waals surface area contributed by atoms with Crippen LogP contribution in [0.25, 0.3) is 10.8 Å². The molecule has 0 unspecified atom stereocenters. The van der Waals surface area contributed by atoms with Crippen LogP contribution in [-0.4, -0.2) is 4.98 Å². The molecule has 1 heterocycles. The van der Waals surface area contributed by atoms with E-state index in [0.29, 0.717) is 18.7 Å². The van der Waals surface area contributed by atoms with Gasteiger partial charge in [-0.1, -0.05) is 30.3 Å². The maximum atomic E-state index is 13.1. The molecule has 21 heavy (non-hydrogen) atoms. The molecule has 0 spiro atoms. The zero-order valence-electron chi connectivity index (χ0n) is 11.3. The van der Waals surface area contributed by atoms with E-state index in [2.05, 4.69) is 10.3 Å². The number of pyridine rings is 1. The first-order chi connectivity index (χ1) is 10.2. The third-order valence-corrected chi connectivity index (χ3v) is 3.38. The van der Waals surface area contributed by atoms with Crippen molar-refractivity contribution in [2.45, 2.75) is 13.1 Å². The summed E-state index contributed by atoms with van der Waals surface area (Å²) >= 11 is 0. The van der Waals surface area contributed by atoms with Gasteiger partial charge in [0.15, 0.2) is 11.6 Å². The Morgan fingerprint density at radius 3 is 2.62 bits per heavy atom. The van der Waals surface area contributed by atoms with Crippen LogP contribution < -0.4 is 5.32 Å². The molecule has 1 N–H and O–H groups in total. The average Bonchev–Trinajstić information content (AvgIpc) is 2.51. The quantitative estimate of drug-likeness (QED) is 0.788. The van der Waals surface area contributed by atoms with E-state index in [9.17, 15) is 8.78 Å². The Hall–Kier alpha value is -2.33. The van der Waals surface area contributed by atoms with Gasteiger partial charge >= 0.3 is 0 Å². The molecular formula is C17H14F2N2. The summed E-state index contributed by atoms with van der Waals surface area (Å²) in [6.07, 6.45) is 3.65. The summed E-state index contributed by atoms with van der Waals surface area (Å²) in [6.45, 7) is 1.09. The third kappa shape index (κ3) is 3.06. The van der Waals surface area contributed by atoms with Crippen LogP contribution in [0.2, 0.25) is 0 Å². The van der Waals surface area contributed by atoms with Gasteiger partial charge < -0.3 is 5.32 Å². The smallest absolute Gasteiger partial charge is 0.159 e. The molecule has 1 aromatic heterocycles. The van der Waals surface area contributed by atoms with Crippen LogP contribution in [0.15, 0.2) is 54.9 Å². The Morgan fingerprint density at radius 2 is 1.76 bits per heavy atom. The highest BCUT2D eigenvalue weighted by atomic mass is 19.2. The molecule has 2 aromatic carbocycles. The molecule has 3 aromatic rings. The Balaban J connectivity index is 1.70. The number of fused-ring (bicyclic) bond motifs is 1. The monoisotopic (exact) mass is 284 g/mol. The number of aromatic nitrogens is 1. The number of benzene rings is 2. The van der Waals surface area contributed by atoms with E-state index in [-0.39, 0.29) is 0 Å². The maximum Gasteiger partial charge on any atom is 0.159 e. The fraction of sp³-hybridized carbons (Fsp3) is 0.118. The molecule has 0 saturated heterocycles. The molecule has 0 saturated carbocycles. The number of hydrogen-bond acceptors (Lipinski definition) is 2. The SMILES string of the molecule is Fc1ccc(CNCc2cncc3ccccc23)cc1F. The molecule has 0 atom stereocenters. The highest BCUT2D eigenvalue weighted by molar-refractivity contribution is 5.84. The van der Waals surface area contributed by atoms with Gasteiger partial charge in [-0.25, -0.2) is 8.78 Å². The van der Waals surface area contributed by atoms with Crippen LogP contribution in [0, 0.1) is 11.6 Å². The van der Waals surface area contributed by atoms with Crippen LogP contribution in [0.1, 0.15) is 11.1 Å². The molecule has 0 radical (unpaired) electrons. The Labute approximate surface area is 121 Å². The summed E-state index contributed by atoms with van der Waals surface area (Å²) in [7, 11) is 0. The topological polar surface area (TPSA) is 24.9 Å². The lowest BCUT2D eigenvalue weighted by atomic mass is 10.1. The Kier molecular flexibility index (Phi) is 3.88.